The van der Waals surface area contributed by atoms with Gasteiger partial charge in [-0.25, -0.2) is 0 Å². The van der Waals surface area contributed by atoms with Gasteiger partial charge in [0.2, 0.25) is 0 Å². The van der Waals surface area contributed by atoms with E-state index in [-0.39, 0.29) is 0 Å². The summed E-state index contributed by atoms with van der Waals surface area (Å²) in [4.78, 5) is 0. The molecule has 0 fully saturated rings. The Morgan fingerprint density at radius 1 is 0.553 bits per heavy atom. The van der Waals surface area contributed by atoms with Crippen molar-refractivity contribution in [2.24, 2.45) is 0 Å². The van der Waals surface area contributed by atoms with Crippen molar-refractivity contribution >= 4 is 48.1 Å². The van der Waals surface area contributed by atoms with E-state index in [1.54, 1.807) is 109 Å². The van der Waals surface area contributed by atoms with Crippen LogP contribution in [0.3, 0.4) is 0 Å². The number of methoxy groups -OCH3 is 2. The molecule has 4 rings (SSSR count). The molecule has 4 aromatic rings. The van der Waals surface area contributed by atoms with Gasteiger partial charge in [0.1, 0.15) is 0 Å². The molecule has 0 aliphatic carbocycles. The van der Waals surface area contributed by atoms with E-state index in [4.69, 9.17) is 15.2 Å². The molecule has 0 amide bonds. The molecule has 0 heterocycles. The summed E-state index contributed by atoms with van der Waals surface area (Å²) in [5, 5.41) is 0. The van der Waals surface area contributed by atoms with Gasteiger partial charge in [-0.2, -0.15) is 0 Å². The number of hydrogen-bond donors (Lipinski definition) is 0. The van der Waals surface area contributed by atoms with Crippen LogP contribution in [0.25, 0.3) is 0 Å². The first-order chi connectivity index (χ1) is 18.2. The van der Waals surface area contributed by atoms with Gasteiger partial charge in [0.05, 0.1) is 0 Å². The van der Waals surface area contributed by atoms with E-state index >= 15 is 0 Å². The van der Waals surface area contributed by atoms with E-state index < -0.39 is 54.0 Å². The zero-order valence-electron chi connectivity index (χ0n) is 20.3. The van der Waals surface area contributed by atoms with Crippen molar-refractivity contribution in [3.63, 3.8) is 0 Å². The first kappa shape index (κ1) is 28.9. The average molecular weight is 770 g/mol. The summed E-state index contributed by atoms with van der Waals surface area (Å²) in [6.45, 7) is 0. The van der Waals surface area contributed by atoms with E-state index in [0.29, 0.717) is 25.8 Å². The molecular weight excluding hydrogens is 746 g/mol. The Morgan fingerprint density at radius 2 is 0.868 bits per heavy atom. The molecule has 4 aromatic carbocycles. The molecule has 0 spiro atoms. The van der Waals surface area contributed by atoms with Crippen molar-refractivity contribution < 1.29 is 32.9 Å². The first-order valence-electron chi connectivity index (χ1n) is 11.1. The van der Waals surface area contributed by atoms with Crippen LogP contribution in [0.2, 0.25) is 0 Å². The Labute approximate surface area is 234 Å². The third-order valence-corrected chi connectivity index (χ3v) is 19.1. The summed E-state index contributed by atoms with van der Waals surface area (Å²) in [5.41, 5.74) is 0. The third-order valence-electron chi connectivity index (χ3n) is 4.99. The van der Waals surface area contributed by atoms with Crippen LogP contribution in [0, 0.1) is 14.3 Å². The molecule has 38 heavy (non-hydrogen) atoms. The molecule has 11 heteroatoms. The maximum absolute atomic E-state index is 14.6. The summed E-state index contributed by atoms with van der Waals surface area (Å²) in [7, 11) is -2.64. The van der Waals surface area contributed by atoms with Gasteiger partial charge < -0.3 is 0 Å². The zero-order valence-corrected chi connectivity index (χ0v) is 25.5. The number of alkyl halides is 3. The minimum absolute atomic E-state index is 0.527. The van der Waals surface area contributed by atoms with Crippen LogP contribution in [-0.2, 0) is 10.3 Å². The Bertz CT molecular complexity index is 1260. The molecular formula is C27H24F3I2O5P. The monoisotopic (exact) mass is 770 g/mol. The number of rotatable bonds is 10. The second-order valence-electron chi connectivity index (χ2n) is 7.51. The summed E-state index contributed by atoms with van der Waals surface area (Å²) in [6.07, 6.45) is 0. The van der Waals surface area contributed by atoms with Crippen LogP contribution in [0.5, 0.6) is 11.5 Å². The van der Waals surface area contributed by atoms with Crippen molar-refractivity contribution in [1.82, 2.24) is 0 Å². The van der Waals surface area contributed by atoms with Crippen molar-refractivity contribution in [2.75, 3.05) is 14.2 Å². The normalized spacial score (nSPS) is 12.6. The van der Waals surface area contributed by atoms with Crippen LogP contribution in [0.15, 0.2) is 109 Å². The molecule has 0 bridgehead atoms. The number of halogens is 5. The predicted molar refractivity (Wildman–Crippen MR) is 158 cm³/mol. The molecule has 0 aromatic heterocycles. The van der Waals surface area contributed by atoms with E-state index in [0.717, 1.165) is 0 Å². The number of ether oxygens (including phenoxy) is 2. The fourth-order valence-corrected chi connectivity index (χ4v) is 18.2. The van der Waals surface area contributed by atoms with E-state index in [1.807, 2.05) is 0 Å². The molecule has 5 nitrogen and oxygen atoms in total. The topological polar surface area (TPSA) is 54.0 Å². The molecule has 0 saturated heterocycles. The van der Waals surface area contributed by atoms with Crippen molar-refractivity contribution in [3.8, 4) is 11.5 Å². The van der Waals surface area contributed by atoms with Crippen molar-refractivity contribution in [1.29, 1.82) is 0 Å². The van der Waals surface area contributed by atoms with Gasteiger partial charge in [0.15, 0.2) is 0 Å². The molecule has 0 aliphatic heterocycles. The number of benzene rings is 4. The second-order valence-corrected chi connectivity index (χ2v) is 19.5. The average Bonchev–Trinajstić information content (AvgIpc) is 2.95. The molecule has 0 radical (unpaired) electrons. The van der Waals surface area contributed by atoms with Gasteiger partial charge in [-0.1, -0.05) is 0 Å². The van der Waals surface area contributed by atoms with Crippen LogP contribution >= 0.6 is 48.1 Å². The maximum atomic E-state index is 14.6. The van der Waals surface area contributed by atoms with Crippen LogP contribution in [-0.4, -0.2) is 20.1 Å². The molecule has 0 aliphatic rings. The summed E-state index contributed by atoms with van der Waals surface area (Å²) >= 11 is -6.72. The summed E-state index contributed by atoms with van der Waals surface area (Å²) in [6, 6.07) is 30.3. The predicted octanol–water partition coefficient (Wildman–Crippen LogP) is 9.07. The quantitative estimate of drug-likeness (QED) is 0.119. The molecule has 0 N–H and O–H groups in total. The van der Waals surface area contributed by atoms with Gasteiger partial charge in [-0.3, -0.25) is 0 Å². The Hall–Kier alpha value is -2.12. The fraction of sp³-hybridized carbons (Fsp3) is 0.111. The third kappa shape index (κ3) is 6.90. The molecule has 0 saturated carbocycles. The number of hydrogen-bond acceptors (Lipinski definition) is 5. The van der Waals surface area contributed by atoms with Crippen molar-refractivity contribution in [3.05, 3.63) is 123 Å². The van der Waals surface area contributed by atoms with Crippen LogP contribution in [0.1, 0.15) is 0 Å². The van der Waals surface area contributed by atoms with Gasteiger partial charge >= 0.3 is 236 Å². The first-order valence-corrected chi connectivity index (χ1v) is 18.7. The van der Waals surface area contributed by atoms with Crippen molar-refractivity contribution in [2.45, 2.75) is 5.92 Å². The minimum atomic E-state index is -5.64. The molecule has 0 unspecified atom stereocenters. The van der Waals surface area contributed by atoms with E-state index in [2.05, 4.69) is 0 Å². The van der Waals surface area contributed by atoms with E-state index in [1.165, 1.54) is 14.2 Å². The van der Waals surface area contributed by atoms with Gasteiger partial charge in [-0.05, 0) is 0 Å². The zero-order chi connectivity index (χ0) is 27.2. The van der Waals surface area contributed by atoms with Crippen LogP contribution < -0.4 is 9.47 Å². The standard InChI is InChI=1S/C27H24F3I2O5P/c1-34-25-17-13-23(14-18-25)31(21-9-5-3-6-10-21)36-38(33,27(28,29)30)37-32(22-11-7-4-8-12-22)24-15-19-26(35-2)20-16-24/h3-20H,1-2H3. The second kappa shape index (κ2) is 12.8. The van der Waals surface area contributed by atoms with Gasteiger partial charge in [0.25, 0.3) is 0 Å². The fourth-order valence-electron chi connectivity index (χ4n) is 3.11. The van der Waals surface area contributed by atoms with Gasteiger partial charge in [-0.15, -0.1) is 0 Å². The van der Waals surface area contributed by atoms with E-state index in [9.17, 15) is 17.7 Å². The SMILES string of the molecule is COc1ccc(I(OP(=O)(OI(c2ccccc2)c2ccc(OC)cc2)C(F)(F)F)c2ccccc2)cc1. The molecule has 202 valence electrons. The molecule has 0 atom stereocenters. The van der Waals surface area contributed by atoms with Gasteiger partial charge in [0, 0.05) is 0 Å². The van der Waals surface area contributed by atoms with Crippen LogP contribution in [0.4, 0.5) is 13.2 Å². The Kier molecular flexibility index (Phi) is 9.74. The Balaban J connectivity index is 1.78. The Morgan fingerprint density at radius 3 is 1.16 bits per heavy atom. The summed E-state index contributed by atoms with van der Waals surface area (Å²) in [5.74, 6) is -4.14. The summed E-state index contributed by atoms with van der Waals surface area (Å²) < 4.78 is 81.7.